The molecule has 2 N–H and O–H groups in total. The van der Waals surface area contributed by atoms with Gasteiger partial charge in [0.25, 0.3) is 0 Å². The molecule has 19 atom stereocenters. The number of esters is 1. The third-order valence-electron chi connectivity index (χ3n) is 14.6. The Kier molecular flexibility index (Phi) is 15.3. The molecule has 62 heavy (non-hydrogen) atoms. The van der Waals surface area contributed by atoms with E-state index in [2.05, 4.69) is 40.7 Å². The van der Waals surface area contributed by atoms with Crippen molar-refractivity contribution in [2.45, 2.75) is 198 Å². The number of hydrogen-bond donors (Lipinski definition) is 2. The zero-order valence-corrected chi connectivity index (χ0v) is 38.7. The predicted molar refractivity (Wildman–Crippen MR) is 228 cm³/mol. The highest BCUT2D eigenvalue weighted by Crippen LogP contribution is 2.48. The molecule has 0 unspecified atom stereocenters. The van der Waals surface area contributed by atoms with Gasteiger partial charge in [0, 0.05) is 59.4 Å². The van der Waals surface area contributed by atoms with Crippen molar-refractivity contribution in [1.29, 1.82) is 0 Å². The van der Waals surface area contributed by atoms with E-state index in [0.29, 0.717) is 50.0 Å². The highest BCUT2D eigenvalue weighted by Gasteiger charge is 2.60. The van der Waals surface area contributed by atoms with Crippen LogP contribution in [0.15, 0.2) is 47.1 Å². The Morgan fingerprint density at radius 3 is 2.27 bits per heavy atom. The predicted octanol–water partition coefficient (Wildman–Crippen LogP) is 5.87. The van der Waals surface area contributed by atoms with E-state index in [0.717, 1.165) is 17.6 Å². The molecule has 14 nitrogen and oxygen atoms in total. The van der Waals surface area contributed by atoms with Crippen molar-refractivity contribution in [3.8, 4) is 0 Å². The third kappa shape index (κ3) is 9.73. The lowest BCUT2D eigenvalue weighted by atomic mass is 9.70. The van der Waals surface area contributed by atoms with Gasteiger partial charge in [-0.25, -0.2) is 0 Å². The maximum absolute atomic E-state index is 14.4. The minimum atomic E-state index is -1.69. The maximum Gasteiger partial charge on any atom is 0.316 e. The number of carbonyl (C=O) groups is 1. The van der Waals surface area contributed by atoms with Crippen molar-refractivity contribution >= 4 is 5.97 Å². The molecule has 0 aromatic carbocycles. The lowest BCUT2D eigenvalue weighted by Gasteiger charge is -2.50. The first-order chi connectivity index (χ1) is 29.5. The Morgan fingerprint density at radius 2 is 1.56 bits per heavy atom. The molecule has 1 spiro atoms. The summed E-state index contributed by atoms with van der Waals surface area (Å²) in [7, 11) is 4.83. The molecule has 2 bridgehead atoms. The second-order valence-corrected chi connectivity index (χ2v) is 19.4. The summed E-state index contributed by atoms with van der Waals surface area (Å²) in [6.07, 6.45) is 6.91. The smallest absolute Gasteiger partial charge is 0.316 e. The third-order valence-corrected chi connectivity index (χ3v) is 14.6. The fraction of sp³-hybridized carbons (Fsp3) is 0.812. The number of ether oxygens (including phenoxy) is 11. The van der Waals surface area contributed by atoms with Crippen LogP contribution in [0.25, 0.3) is 0 Å². The number of aliphatic hydroxyl groups excluding tert-OH is 1. The van der Waals surface area contributed by atoms with Crippen LogP contribution in [0.2, 0.25) is 0 Å². The van der Waals surface area contributed by atoms with Crippen LogP contribution in [-0.4, -0.2) is 141 Å². The molecule has 0 aromatic rings. The number of hydrogen-bond acceptors (Lipinski definition) is 14. The Labute approximate surface area is 368 Å². The van der Waals surface area contributed by atoms with Crippen LogP contribution in [0.3, 0.4) is 0 Å². The molecule has 0 amide bonds. The van der Waals surface area contributed by atoms with Gasteiger partial charge in [-0.3, -0.25) is 4.79 Å². The lowest BCUT2D eigenvalue weighted by molar-refractivity contribution is -0.340. The molecule has 0 aromatic heterocycles. The van der Waals surface area contributed by atoms with Crippen molar-refractivity contribution in [2.75, 3.05) is 27.9 Å². The van der Waals surface area contributed by atoms with Gasteiger partial charge in [0.2, 0.25) is 0 Å². The van der Waals surface area contributed by atoms with Crippen LogP contribution in [-0.2, 0) is 56.9 Å². The first-order valence-electron chi connectivity index (χ1n) is 23.0. The van der Waals surface area contributed by atoms with Crippen LogP contribution in [0.4, 0.5) is 0 Å². The first kappa shape index (κ1) is 47.9. The zero-order chi connectivity index (χ0) is 44.7. The van der Waals surface area contributed by atoms with Crippen molar-refractivity contribution in [3.63, 3.8) is 0 Å². The second kappa shape index (κ2) is 19.8. The summed E-state index contributed by atoms with van der Waals surface area (Å²) in [4.78, 5) is 14.4. The number of methoxy groups -OCH3 is 3. The molecular weight excluding hydrogens is 801 g/mol. The molecule has 14 heteroatoms. The zero-order valence-electron chi connectivity index (χ0n) is 38.7. The van der Waals surface area contributed by atoms with Gasteiger partial charge in [0.05, 0.1) is 49.3 Å². The fourth-order valence-corrected chi connectivity index (χ4v) is 11.1. The summed E-state index contributed by atoms with van der Waals surface area (Å²) in [6, 6.07) is 0. The van der Waals surface area contributed by atoms with Crippen LogP contribution >= 0.6 is 0 Å². The Balaban J connectivity index is 1.18. The molecule has 0 radical (unpaired) electrons. The highest BCUT2D eigenvalue weighted by atomic mass is 16.7. The Morgan fingerprint density at radius 1 is 0.855 bits per heavy atom. The van der Waals surface area contributed by atoms with E-state index in [4.69, 9.17) is 52.1 Å². The van der Waals surface area contributed by atoms with E-state index in [1.807, 2.05) is 32.1 Å². The molecular formula is C48H74O14. The molecule has 1 aliphatic carbocycles. The number of carbonyl (C=O) groups excluding carboxylic acids is 1. The quantitative estimate of drug-likeness (QED) is 0.221. The van der Waals surface area contributed by atoms with Crippen LogP contribution in [0.1, 0.15) is 100 Å². The van der Waals surface area contributed by atoms with Gasteiger partial charge >= 0.3 is 5.97 Å². The summed E-state index contributed by atoms with van der Waals surface area (Å²) in [5, 5.41) is 23.2. The van der Waals surface area contributed by atoms with E-state index in [1.165, 1.54) is 0 Å². The Hall–Kier alpha value is -2.05. The van der Waals surface area contributed by atoms with Gasteiger partial charge in [0.1, 0.15) is 42.0 Å². The minimum absolute atomic E-state index is 0.00755. The molecule has 5 saturated heterocycles. The van der Waals surface area contributed by atoms with E-state index in [9.17, 15) is 15.0 Å². The van der Waals surface area contributed by atoms with Gasteiger partial charge in [0.15, 0.2) is 18.4 Å². The Bertz CT molecular complexity index is 1680. The van der Waals surface area contributed by atoms with Crippen LogP contribution in [0.5, 0.6) is 0 Å². The van der Waals surface area contributed by atoms with E-state index in [1.54, 1.807) is 34.3 Å². The summed E-state index contributed by atoms with van der Waals surface area (Å²) in [6.45, 7) is 16.5. The van der Waals surface area contributed by atoms with Crippen LogP contribution in [0, 0.1) is 23.7 Å². The summed E-state index contributed by atoms with van der Waals surface area (Å²) in [5.74, 6) is -1.94. The van der Waals surface area contributed by atoms with Gasteiger partial charge < -0.3 is 62.3 Å². The number of aliphatic hydroxyl groups is 2. The molecule has 7 aliphatic rings. The summed E-state index contributed by atoms with van der Waals surface area (Å²) in [5.41, 5.74) is 0.676. The average molecular weight is 875 g/mol. The molecule has 7 rings (SSSR count). The van der Waals surface area contributed by atoms with E-state index in [-0.39, 0.29) is 36.8 Å². The first-order valence-corrected chi connectivity index (χ1v) is 23.0. The molecule has 350 valence electrons. The topological polar surface area (TPSA) is 159 Å². The van der Waals surface area contributed by atoms with Gasteiger partial charge in [-0.05, 0) is 69.1 Å². The molecule has 0 saturated carbocycles. The SMILES string of the molecule is CO[C@H]1C[C@H](O[C@H]2[C@H](C)O[C@@H](O[C@@H]3/C(C)=C/C[C@@H]4C[C@@H](C[C@]5(CC[C@H](C)[C@H](C(C)C)O5)O4)OC(=O)[C@@H]4C=C(C)[C@@H](OC)[C@H]5OC/C(=C\C=C\[C@@H]3C)[C@]54O)C[C@@H]2OC)O[C@@H](C)[C@@H]1O. The summed E-state index contributed by atoms with van der Waals surface area (Å²) >= 11 is 0. The monoisotopic (exact) mass is 875 g/mol. The number of fused-ring (bicyclic) bond motifs is 2. The largest absolute Gasteiger partial charge is 0.462 e. The second-order valence-electron chi connectivity index (χ2n) is 19.4. The normalized spacial score (nSPS) is 49.0. The fourth-order valence-electron chi connectivity index (χ4n) is 11.1. The number of rotatable bonds is 8. The van der Waals surface area contributed by atoms with Crippen molar-refractivity contribution in [2.24, 2.45) is 23.7 Å². The van der Waals surface area contributed by atoms with Crippen molar-refractivity contribution in [1.82, 2.24) is 0 Å². The maximum atomic E-state index is 14.4. The van der Waals surface area contributed by atoms with Gasteiger partial charge in [-0.1, -0.05) is 58.1 Å². The average Bonchev–Trinajstić information content (AvgIpc) is 3.56. The van der Waals surface area contributed by atoms with E-state index < -0.39 is 90.8 Å². The molecule has 6 heterocycles. The molecule has 6 aliphatic heterocycles. The van der Waals surface area contributed by atoms with Crippen LogP contribution < -0.4 is 0 Å². The van der Waals surface area contributed by atoms with Crippen molar-refractivity contribution in [3.05, 3.63) is 47.1 Å². The summed E-state index contributed by atoms with van der Waals surface area (Å²) < 4.78 is 70.0. The molecule has 5 fully saturated rings. The standard InChI is InChI=1S/C48H74O14/c1-25(2)41-28(5)17-18-47(62-41)23-34-20-33(61-47)16-15-27(4)42(59-39-22-37(53-10)44(31(8)57-39)60-38-21-36(52-9)40(49)30(7)56-38)26(3)13-12-14-32-24-55-45-43(54-11)29(6)19-35(46(50)58-34)48(32,45)51/h12-15,19,25-26,28,30-31,33-45,49,51H,16-18,20-24H2,1-11H3/b13-12+,27-15+,32-14+/t26-,28-,30-,31-,33+,34-,35-,36-,37-,38-,39-,40-,41-,42-,43+,44-,45+,47+,48+/m0/s1. The highest BCUT2D eigenvalue weighted by molar-refractivity contribution is 5.78. The van der Waals surface area contributed by atoms with E-state index >= 15 is 0 Å². The minimum Gasteiger partial charge on any atom is -0.462 e. The lowest BCUT2D eigenvalue weighted by Crippen LogP contribution is -2.58. The van der Waals surface area contributed by atoms with Gasteiger partial charge in [-0.15, -0.1) is 0 Å². The van der Waals surface area contributed by atoms with Gasteiger partial charge in [-0.2, -0.15) is 0 Å². The van der Waals surface area contributed by atoms with Crippen molar-refractivity contribution < 1.29 is 67.1 Å². The number of allylic oxidation sites excluding steroid dienone is 2.